The number of nitro benzene ring substituents is 1. The minimum atomic E-state index is -4.46. The number of nitrogens with one attached hydrogen (secondary N) is 3. The molecule has 0 bridgehead atoms. The second-order valence-electron chi connectivity index (χ2n) is 6.72. The molecule has 0 saturated heterocycles. The van der Waals surface area contributed by atoms with E-state index in [0.717, 1.165) is 6.07 Å². The summed E-state index contributed by atoms with van der Waals surface area (Å²) in [6.07, 6.45) is -0.562. The number of rotatable bonds is 8. The van der Waals surface area contributed by atoms with Crippen LogP contribution in [0.3, 0.4) is 0 Å². The largest absolute Gasteiger partial charge is 0.496 e. The number of aromatic amines is 2. The lowest BCUT2D eigenvalue weighted by Crippen LogP contribution is -2.30. The Morgan fingerprint density at radius 2 is 1.84 bits per heavy atom. The third kappa shape index (κ3) is 5.81. The van der Waals surface area contributed by atoms with Crippen LogP contribution in [-0.4, -0.2) is 37.9 Å². The van der Waals surface area contributed by atoms with E-state index in [0.29, 0.717) is 11.3 Å². The Bertz CT molecular complexity index is 1300. The fourth-order valence-electron chi connectivity index (χ4n) is 3.22. The summed E-state index contributed by atoms with van der Waals surface area (Å²) in [5.41, 5.74) is -1.26. The van der Waals surface area contributed by atoms with Gasteiger partial charge in [-0.2, -0.15) is 0 Å². The molecule has 172 valence electrons. The minimum Gasteiger partial charge on any atom is -0.496 e. The van der Waals surface area contributed by atoms with E-state index in [1.807, 2.05) is 0 Å². The zero-order valence-corrected chi connectivity index (χ0v) is 18.3. The average Bonchev–Trinajstić information content (AvgIpc) is 2.70. The Morgan fingerprint density at radius 3 is 2.47 bits per heavy atom. The van der Waals surface area contributed by atoms with Crippen LogP contribution >= 0.6 is 20.0 Å². The number of halogens is 1. The van der Waals surface area contributed by atoms with E-state index in [1.165, 1.54) is 13.2 Å². The number of H-pyrrole nitrogens is 2. The number of nitrogens with zero attached hydrogens (tertiary/aromatic N) is 1. The first-order valence-corrected chi connectivity index (χ1v) is 10.7. The van der Waals surface area contributed by atoms with Gasteiger partial charge in [0.25, 0.3) is 5.69 Å². The molecule has 2 aromatic carbocycles. The molecule has 0 saturated carbocycles. The predicted molar refractivity (Wildman–Crippen MR) is 119 cm³/mol. The molecule has 32 heavy (non-hydrogen) atoms. The highest BCUT2D eigenvalue weighted by atomic mass is 35.5. The average molecular weight is 487 g/mol. The topological polar surface area (TPSA) is 188 Å². The third-order valence-corrected chi connectivity index (χ3v) is 5.42. The maximum atomic E-state index is 11.8. The van der Waals surface area contributed by atoms with Gasteiger partial charge >= 0.3 is 18.7 Å². The van der Waals surface area contributed by atoms with Gasteiger partial charge in [0, 0.05) is 30.3 Å². The van der Waals surface area contributed by atoms with E-state index < -0.39 is 35.8 Å². The summed E-state index contributed by atoms with van der Waals surface area (Å²) < 4.78 is 17.0. The maximum Gasteiger partial charge on any atom is 0.327 e. The van der Waals surface area contributed by atoms with Gasteiger partial charge < -0.3 is 29.8 Å². The molecule has 0 radical (unpaired) electrons. The Hall–Kier alpha value is -3.02. The molecule has 0 aliphatic rings. The second kappa shape index (κ2) is 10.1. The minimum absolute atomic E-state index is 0. The van der Waals surface area contributed by atoms with E-state index in [1.54, 1.807) is 24.3 Å². The van der Waals surface area contributed by atoms with Crippen molar-refractivity contribution in [1.29, 1.82) is 0 Å². The van der Waals surface area contributed by atoms with Crippen molar-refractivity contribution in [3.8, 4) is 5.75 Å². The Labute approximate surface area is 186 Å². The lowest BCUT2D eigenvalue weighted by atomic mass is 10.1. The Morgan fingerprint density at radius 1 is 1.19 bits per heavy atom. The highest BCUT2D eigenvalue weighted by molar-refractivity contribution is 7.51. The van der Waals surface area contributed by atoms with Crippen LogP contribution in [0.4, 0.5) is 5.69 Å². The van der Waals surface area contributed by atoms with E-state index in [9.17, 15) is 34.1 Å². The van der Waals surface area contributed by atoms with Crippen molar-refractivity contribution in [2.75, 3.05) is 13.3 Å². The zero-order valence-electron chi connectivity index (χ0n) is 16.6. The summed E-state index contributed by atoms with van der Waals surface area (Å²) in [7, 11) is -3.04. The quantitative estimate of drug-likeness (QED) is 0.136. The monoisotopic (exact) mass is 486 g/mol. The molecule has 14 heteroatoms. The van der Waals surface area contributed by atoms with Gasteiger partial charge in [0.2, 0.25) is 0 Å². The fourth-order valence-corrected chi connectivity index (χ4v) is 4.03. The van der Waals surface area contributed by atoms with Crippen LogP contribution in [0.1, 0.15) is 17.2 Å². The molecule has 1 unspecified atom stereocenters. The zero-order chi connectivity index (χ0) is 22.8. The number of ether oxygens (including phenoxy) is 1. The van der Waals surface area contributed by atoms with Crippen LogP contribution in [0.2, 0.25) is 0 Å². The van der Waals surface area contributed by atoms with Crippen LogP contribution < -0.4 is 21.2 Å². The first-order valence-electron chi connectivity index (χ1n) is 8.93. The lowest BCUT2D eigenvalue weighted by molar-refractivity contribution is -0.384. The molecule has 0 fully saturated rings. The van der Waals surface area contributed by atoms with E-state index in [-0.39, 0.29) is 41.2 Å². The van der Waals surface area contributed by atoms with Gasteiger partial charge in [0.15, 0.2) is 0 Å². The summed E-state index contributed by atoms with van der Waals surface area (Å²) >= 11 is 0. The van der Waals surface area contributed by atoms with Crippen LogP contribution in [0.15, 0.2) is 46.0 Å². The molecule has 0 aliphatic heterocycles. The van der Waals surface area contributed by atoms with Crippen LogP contribution in [0.5, 0.6) is 5.75 Å². The number of non-ortho nitro benzene ring substituents is 1. The summed E-state index contributed by atoms with van der Waals surface area (Å²) in [6, 6.07) is 8.10. The normalized spacial score (nSPS) is 12.2. The molecular weight excluding hydrogens is 467 g/mol. The van der Waals surface area contributed by atoms with Crippen molar-refractivity contribution in [1.82, 2.24) is 15.3 Å². The van der Waals surface area contributed by atoms with Crippen molar-refractivity contribution in [3.05, 3.63) is 78.3 Å². The number of fused-ring (bicyclic) bond motifs is 1. The van der Waals surface area contributed by atoms with E-state index in [2.05, 4.69) is 15.3 Å². The van der Waals surface area contributed by atoms with Gasteiger partial charge in [0.05, 0.1) is 29.2 Å². The van der Waals surface area contributed by atoms with Gasteiger partial charge in [0.1, 0.15) is 5.75 Å². The highest BCUT2D eigenvalue weighted by Crippen LogP contribution is 2.41. The standard InChI is InChI=1S/C18H19N4O8P.ClH/c1-30-15-5-3-2-4-12(15)14(9-31(27,28)29)19-8-10-6-11(22(25)26)7-13-16(10)21-18(24)17(23)20-13;/h2-7,14,19H,8-9H2,1H3,(H,20,23)(H,21,24)(H2,27,28,29);1H. The molecule has 0 amide bonds. The second-order valence-corrected chi connectivity index (χ2v) is 8.41. The molecule has 12 nitrogen and oxygen atoms in total. The van der Waals surface area contributed by atoms with Gasteiger partial charge in [-0.05, 0) is 11.6 Å². The molecule has 0 aliphatic carbocycles. The summed E-state index contributed by atoms with van der Waals surface area (Å²) in [4.78, 5) is 57.7. The fraction of sp³-hybridized carbons (Fsp3) is 0.222. The van der Waals surface area contributed by atoms with Gasteiger partial charge in [-0.15, -0.1) is 12.4 Å². The van der Waals surface area contributed by atoms with Crippen LogP contribution in [0, 0.1) is 10.1 Å². The predicted octanol–water partition coefficient (Wildman–Crippen LogP) is 1.56. The van der Waals surface area contributed by atoms with Crippen LogP contribution in [-0.2, 0) is 11.1 Å². The smallest absolute Gasteiger partial charge is 0.327 e. The molecule has 3 aromatic rings. The molecule has 3 rings (SSSR count). The maximum absolute atomic E-state index is 11.8. The number of nitro groups is 1. The number of methoxy groups -OCH3 is 1. The number of benzene rings is 2. The molecule has 0 spiro atoms. The SMILES string of the molecule is COc1ccccc1C(CP(=O)(O)O)NCc1cc([N+](=O)[O-])cc2[nH]c(=O)c(=O)[nH]c12.Cl. The van der Waals surface area contributed by atoms with Crippen LogP contribution in [0.25, 0.3) is 11.0 Å². The molecule has 1 heterocycles. The molecular formula is C18H20ClN4O8P. The number of hydrogen-bond acceptors (Lipinski definition) is 7. The van der Waals surface area contributed by atoms with Gasteiger partial charge in [-0.25, -0.2) is 0 Å². The van der Waals surface area contributed by atoms with Crippen molar-refractivity contribution in [3.63, 3.8) is 0 Å². The number of para-hydroxylation sites is 1. The van der Waals surface area contributed by atoms with Gasteiger partial charge in [-0.3, -0.25) is 24.3 Å². The summed E-state index contributed by atoms with van der Waals surface area (Å²) in [5, 5.41) is 14.2. The van der Waals surface area contributed by atoms with Crippen molar-refractivity contribution >= 4 is 36.7 Å². The first kappa shape index (κ1) is 25.2. The number of hydrogen-bond donors (Lipinski definition) is 5. The van der Waals surface area contributed by atoms with Gasteiger partial charge in [-0.1, -0.05) is 18.2 Å². The first-order chi connectivity index (χ1) is 14.6. The van der Waals surface area contributed by atoms with Crippen molar-refractivity contribution in [2.24, 2.45) is 0 Å². The lowest BCUT2D eigenvalue weighted by Gasteiger charge is -2.22. The summed E-state index contributed by atoms with van der Waals surface area (Å²) in [6.45, 7) is -0.108. The molecule has 1 aromatic heterocycles. The highest BCUT2D eigenvalue weighted by Gasteiger charge is 2.25. The number of aromatic nitrogens is 2. The molecule has 1 atom stereocenters. The van der Waals surface area contributed by atoms with E-state index in [4.69, 9.17) is 4.74 Å². The molecule has 5 N–H and O–H groups in total. The summed E-state index contributed by atoms with van der Waals surface area (Å²) in [5.74, 6) is 0.398. The third-order valence-electron chi connectivity index (χ3n) is 4.58. The Balaban J connectivity index is 0.00000363. The van der Waals surface area contributed by atoms with Crippen molar-refractivity contribution < 1.29 is 24.0 Å². The van der Waals surface area contributed by atoms with E-state index >= 15 is 0 Å². The Kier molecular flexibility index (Phi) is 7.94. The van der Waals surface area contributed by atoms with Crippen molar-refractivity contribution in [2.45, 2.75) is 12.6 Å².